The molecule has 25 atom stereocenters. The number of carbonyl (C=O) groups is 3. The number of nitrogens with one attached hydrogen (secondary N) is 1. The second-order valence-electron chi connectivity index (χ2n) is 29.7. The Bertz CT molecular complexity index is 2370. The number of aliphatic hydroxyl groups is 6. The van der Waals surface area contributed by atoms with Crippen LogP contribution in [0, 0.1) is 50.7 Å². The maximum Gasteiger partial charge on any atom is 0.315 e. The smallest absolute Gasteiger partial charge is 0.315 e. The summed E-state index contributed by atoms with van der Waals surface area (Å²) >= 11 is 0. The Hall–Kier alpha value is -2.41. The molecule has 8 fully saturated rings. The number of rotatable bonds is 21. The number of ether oxygens (including phenoxy) is 9. The van der Waals surface area contributed by atoms with Gasteiger partial charge in [0.1, 0.15) is 72.6 Å². The summed E-state index contributed by atoms with van der Waals surface area (Å²) in [4.78, 5) is 41.0. The highest BCUT2D eigenvalue weighted by Crippen LogP contribution is 2.76. The van der Waals surface area contributed by atoms with Crippen molar-refractivity contribution in [3.05, 3.63) is 11.6 Å². The number of allylic oxidation sites excluding steroid dienone is 2. The Morgan fingerprint density at radius 2 is 1.40 bits per heavy atom. The van der Waals surface area contributed by atoms with Gasteiger partial charge in [0.2, 0.25) is 5.91 Å². The highest BCUT2D eigenvalue weighted by atomic mass is 16.8. The zero-order valence-electron chi connectivity index (χ0n) is 53.0. The molecule has 4 saturated carbocycles. The minimum absolute atomic E-state index is 0.00453. The van der Waals surface area contributed by atoms with Crippen molar-refractivity contribution in [3.63, 3.8) is 0 Å². The molecule has 4 heterocycles. The molecule has 0 radical (unpaired) electrons. The van der Waals surface area contributed by atoms with Crippen molar-refractivity contribution >= 4 is 17.8 Å². The number of hydrogen-bond donors (Lipinski definition) is 8. The minimum atomic E-state index is -1.83. The number of aliphatic hydroxyl groups excluding tert-OH is 6. The fourth-order valence-corrected chi connectivity index (χ4v) is 18.7. The normalized spacial score (nSPS) is 46.7. The van der Waals surface area contributed by atoms with Crippen molar-refractivity contribution in [2.24, 2.45) is 50.7 Å². The number of carbonyl (C=O) groups excluding carboxylic acids is 2. The van der Waals surface area contributed by atoms with Crippen LogP contribution in [0.3, 0.4) is 0 Å². The highest BCUT2D eigenvalue weighted by Gasteiger charge is 2.73. The average molecular weight is 1210 g/mol. The third-order valence-corrected chi connectivity index (χ3v) is 23.9. The lowest BCUT2D eigenvalue weighted by atomic mass is 9.33. The topological polar surface area (TPSA) is 288 Å². The molecule has 9 aliphatic rings. The Kier molecular flexibility index (Phi) is 20.3. The summed E-state index contributed by atoms with van der Waals surface area (Å²) in [6.45, 7) is 20.7. The van der Waals surface area contributed by atoms with Gasteiger partial charge < -0.3 is 83.7 Å². The molecule has 0 aromatic heterocycles. The molecule has 15 unspecified atom stereocenters. The Labute approximate surface area is 504 Å². The van der Waals surface area contributed by atoms with Gasteiger partial charge in [-0.1, -0.05) is 91.7 Å². The van der Waals surface area contributed by atoms with E-state index in [1.54, 1.807) is 27.9 Å². The number of methoxy groups -OCH3 is 2. The Balaban J connectivity index is 1.03. The summed E-state index contributed by atoms with van der Waals surface area (Å²) in [5, 5.41) is 79.6. The SMILES string of the molecule is COC1C[C@]2(C)C(=CCC3C4(C)CC[C@H](C)[C@](C)(OC)[C@@H]4CC[C@@]32C)C2CC(C)(C)CC[C@]12C(=O)OC([C@@H]1OC(CO)C(NC(=O)CCCCCCCCCCC(=O)O)C(O)C1O)[C@@H]1OC(C)[C@H](O[C@@H]2OCC(O)C(O)C2O)C2OC(C)(C)OC21. The van der Waals surface area contributed by atoms with E-state index in [2.05, 4.69) is 59.9 Å². The summed E-state index contributed by atoms with van der Waals surface area (Å²) in [5.74, 6) is -2.26. The largest absolute Gasteiger partial charge is 0.481 e. The van der Waals surface area contributed by atoms with Crippen molar-refractivity contribution in [2.75, 3.05) is 27.4 Å². The molecule has 0 bridgehead atoms. The van der Waals surface area contributed by atoms with Crippen LogP contribution in [0.5, 0.6) is 0 Å². The summed E-state index contributed by atoms with van der Waals surface area (Å²) in [7, 11) is 3.57. The van der Waals surface area contributed by atoms with E-state index in [-0.39, 0.29) is 52.6 Å². The molecule has 486 valence electrons. The summed E-state index contributed by atoms with van der Waals surface area (Å²) in [5.41, 5.74) is -0.952. The molecular formula is C65H107NO19. The predicted octanol–water partition coefficient (Wildman–Crippen LogP) is 6.42. The fourth-order valence-electron chi connectivity index (χ4n) is 18.7. The lowest BCUT2D eigenvalue weighted by molar-refractivity contribution is -0.322. The van der Waals surface area contributed by atoms with Crippen LogP contribution in [0.4, 0.5) is 0 Å². The van der Waals surface area contributed by atoms with E-state index in [1.165, 1.54) is 5.57 Å². The van der Waals surface area contributed by atoms with Crippen molar-refractivity contribution < 1.29 is 92.8 Å². The summed E-state index contributed by atoms with van der Waals surface area (Å²) in [6, 6.07) is -1.26. The van der Waals surface area contributed by atoms with Crippen LogP contribution in [0.2, 0.25) is 0 Å². The summed E-state index contributed by atoms with van der Waals surface area (Å²) < 4.78 is 59.4. The molecule has 8 N–H and O–H groups in total. The lowest BCUT2D eigenvalue weighted by Crippen LogP contribution is -2.71. The van der Waals surface area contributed by atoms with Crippen LogP contribution in [-0.4, -0.2) is 190 Å². The van der Waals surface area contributed by atoms with Crippen LogP contribution >= 0.6 is 0 Å². The van der Waals surface area contributed by atoms with Gasteiger partial charge in [0.15, 0.2) is 18.2 Å². The van der Waals surface area contributed by atoms with Crippen molar-refractivity contribution in [2.45, 2.75) is 300 Å². The van der Waals surface area contributed by atoms with Crippen molar-refractivity contribution in [1.29, 1.82) is 0 Å². The van der Waals surface area contributed by atoms with Gasteiger partial charge in [-0.15, -0.1) is 0 Å². The van der Waals surface area contributed by atoms with Crippen LogP contribution in [0.15, 0.2) is 11.6 Å². The number of amides is 1. The zero-order valence-corrected chi connectivity index (χ0v) is 53.0. The Morgan fingerprint density at radius 3 is 2.05 bits per heavy atom. The van der Waals surface area contributed by atoms with E-state index >= 15 is 4.79 Å². The zero-order chi connectivity index (χ0) is 62.0. The van der Waals surface area contributed by atoms with Gasteiger partial charge in [-0.25, -0.2) is 0 Å². The maximum absolute atomic E-state index is 16.6. The van der Waals surface area contributed by atoms with Gasteiger partial charge in [0.25, 0.3) is 0 Å². The molecule has 0 aromatic carbocycles. The van der Waals surface area contributed by atoms with E-state index in [0.29, 0.717) is 56.3 Å². The van der Waals surface area contributed by atoms with Crippen LogP contribution in [0.25, 0.3) is 0 Å². The van der Waals surface area contributed by atoms with Gasteiger partial charge in [-0.05, 0) is 144 Å². The first-order valence-electron chi connectivity index (χ1n) is 32.4. The van der Waals surface area contributed by atoms with Gasteiger partial charge in [-0.3, -0.25) is 14.4 Å². The standard InChI is InChI=1S/C65H107NO19/c1-35-25-27-61(7)41-24-23-37-38-31-59(3,4)29-30-65(38,43(77-11)32-63(37,9)62(41,8)28-26-42(61)64(35,10)78-12)58(76)83-53(54-56-55(84-60(5,6)85-56)51(36(2)80-54)82-57-50(75)47(72)39(68)34-79-57)52-49(74)48(73)46(40(33-67)81-52)66-44(69)21-19-17-15-13-14-16-18-20-22-45(70)71/h23,35-36,38-43,46-57,67-68,72-75H,13-22,24-34H2,1-12H3,(H,66,69)(H,70,71)/t35-,36?,38?,39?,40?,41?,42+,43?,46?,47?,48?,49?,50?,51-,52+,53?,54-,55?,56?,57-,61?,62-,63+,64-,65+/m0/s1. The van der Waals surface area contributed by atoms with Gasteiger partial charge in [0, 0.05) is 27.1 Å². The maximum atomic E-state index is 16.6. The van der Waals surface area contributed by atoms with E-state index < -0.39 is 133 Å². The molecule has 85 heavy (non-hydrogen) atoms. The number of unbranched alkanes of at least 4 members (excludes halogenated alkanes) is 7. The summed E-state index contributed by atoms with van der Waals surface area (Å²) in [6.07, 6.45) is -3.27. The molecule has 4 aliphatic heterocycles. The van der Waals surface area contributed by atoms with Gasteiger partial charge >= 0.3 is 11.9 Å². The number of hydrogen-bond acceptors (Lipinski definition) is 18. The second-order valence-corrected chi connectivity index (χ2v) is 29.7. The molecule has 4 saturated heterocycles. The van der Waals surface area contributed by atoms with Crippen LogP contribution in [0.1, 0.15) is 191 Å². The molecule has 1 amide bonds. The molecule has 20 nitrogen and oxygen atoms in total. The Morgan fingerprint density at radius 1 is 0.741 bits per heavy atom. The van der Waals surface area contributed by atoms with E-state index in [4.69, 9.17) is 47.7 Å². The van der Waals surface area contributed by atoms with Crippen LogP contribution in [-0.2, 0) is 57.0 Å². The number of esters is 1. The number of fused-ring (bicyclic) bond motifs is 8. The second kappa shape index (κ2) is 25.7. The fraction of sp³-hybridized carbons (Fsp3) is 0.923. The van der Waals surface area contributed by atoms with E-state index in [0.717, 1.165) is 70.6 Å². The monoisotopic (exact) mass is 1210 g/mol. The van der Waals surface area contributed by atoms with Crippen LogP contribution < -0.4 is 5.32 Å². The number of aliphatic carboxylic acids is 1. The van der Waals surface area contributed by atoms with Crippen molar-refractivity contribution in [1.82, 2.24) is 5.32 Å². The van der Waals surface area contributed by atoms with Gasteiger partial charge in [0.05, 0.1) is 37.1 Å². The lowest BCUT2D eigenvalue weighted by Gasteiger charge is -2.72. The number of carboxylic acids is 1. The molecule has 0 spiro atoms. The third kappa shape index (κ3) is 12.2. The number of carboxylic acid groups (broad SMARTS) is 1. The van der Waals surface area contributed by atoms with Gasteiger partial charge in [-0.2, -0.15) is 0 Å². The molecule has 0 aromatic rings. The molecule has 9 rings (SSSR count). The molecule has 5 aliphatic carbocycles. The first kappa shape index (κ1) is 67.0. The van der Waals surface area contributed by atoms with Crippen molar-refractivity contribution in [3.8, 4) is 0 Å². The molecule has 20 heteroatoms. The van der Waals surface area contributed by atoms with E-state index in [1.807, 2.05) is 7.11 Å². The molecular weight excluding hydrogens is 1100 g/mol. The van der Waals surface area contributed by atoms with E-state index in [9.17, 15) is 40.2 Å². The first-order chi connectivity index (χ1) is 40.0. The third-order valence-electron chi connectivity index (χ3n) is 23.9. The quantitative estimate of drug-likeness (QED) is 0.0349. The highest BCUT2D eigenvalue weighted by molar-refractivity contribution is 5.80. The minimum Gasteiger partial charge on any atom is -0.481 e. The predicted molar refractivity (Wildman–Crippen MR) is 310 cm³/mol. The first-order valence-corrected chi connectivity index (χ1v) is 32.4. The average Bonchev–Trinajstić information content (AvgIpc) is 1.06.